The van der Waals surface area contributed by atoms with Crippen LogP contribution in [0.25, 0.3) is 26.8 Å². The molecule has 1 N–H and O–H groups in total. The first-order valence-corrected chi connectivity index (χ1v) is 11.7. The molecule has 0 fully saturated rings. The molecule has 1 aliphatic rings. The van der Waals surface area contributed by atoms with E-state index in [0.29, 0.717) is 5.13 Å². The summed E-state index contributed by atoms with van der Waals surface area (Å²) in [6.07, 6.45) is 5.99. The molecule has 1 aliphatic carbocycles. The molecule has 5 rings (SSSR count). The van der Waals surface area contributed by atoms with Crippen LogP contribution in [0.5, 0.6) is 5.75 Å². The zero-order chi connectivity index (χ0) is 22.4. The maximum atomic E-state index is 12.8. The minimum atomic E-state index is -0.202. The van der Waals surface area contributed by atoms with Gasteiger partial charge in [0.25, 0.3) is 0 Å². The van der Waals surface area contributed by atoms with E-state index in [1.165, 1.54) is 35.3 Å². The maximum Gasteiger partial charge on any atom is 0.250 e. The average Bonchev–Trinajstić information content (AvgIpc) is 3.34. The molecule has 2 heterocycles. The number of rotatable bonds is 4. The van der Waals surface area contributed by atoms with Gasteiger partial charge in [-0.05, 0) is 69.4 Å². The molecule has 0 radical (unpaired) electrons. The van der Waals surface area contributed by atoms with E-state index in [1.807, 2.05) is 32.9 Å². The van der Waals surface area contributed by atoms with Gasteiger partial charge in [-0.3, -0.25) is 10.1 Å². The van der Waals surface area contributed by atoms with Crippen LogP contribution >= 0.6 is 11.3 Å². The fourth-order valence-corrected chi connectivity index (χ4v) is 5.56. The zero-order valence-corrected chi connectivity index (χ0v) is 19.6. The molecule has 5 nitrogen and oxygen atoms in total. The minimum absolute atomic E-state index is 0.202. The third kappa shape index (κ3) is 3.58. The number of nitrogens with zero attached hydrogens (tertiary/aromatic N) is 1. The first kappa shape index (κ1) is 20.8. The minimum Gasteiger partial charge on any atom is -0.496 e. The normalized spacial score (nSPS) is 14.1. The summed E-state index contributed by atoms with van der Waals surface area (Å²) in [7, 11) is 1.66. The van der Waals surface area contributed by atoms with Crippen molar-refractivity contribution in [1.29, 1.82) is 0 Å². The van der Waals surface area contributed by atoms with E-state index in [-0.39, 0.29) is 5.91 Å². The van der Waals surface area contributed by atoms with Crippen molar-refractivity contribution < 1.29 is 13.9 Å². The van der Waals surface area contributed by atoms with E-state index in [2.05, 4.69) is 22.4 Å². The summed E-state index contributed by atoms with van der Waals surface area (Å²) >= 11 is 1.48. The Bertz CT molecular complexity index is 1390. The third-order valence-corrected chi connectivity index (χ3v) is 7.11. The summed E-state index contributed by atoms with van der Waals surface area (Å²) in [5, 5.41) is 4.66. The van der Waals surface area contributed by atoms with Crippen molar-refractivity contribution in [2.75, 3.05) is 12.4 Å². The topological polar surface area (TPSA) is 64.4 Å². The van der Waals surface area contributed by atoms with E-state index in [9.17, 15) is 4.79 Å². The number of ether oxygens (including phenoxy) is 1. The van der Waals surface area contributed by atoms with Crippen LogP contribution in [0.4, 0.5) is 5.13 Å². The predicted octanol–water partition coefficient (Wildman–Crippen LogP) is 6.59. The van der Waals surface area contributed by atoms with Crippen LogP contribution in [0, 0.1) is 13.8 Å². The number of furan rings is 1. The molecule has 2 aromatic heterocycles. The SMILES string of the molecule is COc1c(/C(C)=C/C(=O)Nc2nc3ccc(C)cc3s2)cc2c3c(oc2c1C)CCCC3. The Morgan fingerprint density at radius 1 is 1.22 bits per heavy atom. The van der Waals surface area contributed by atoms with Crippen LogP contribution < -0.4 is 10.1 Å². The molecule has 164 valence electrons. The molecular weight excluding hydrogens is 420 g/mol. The van der Waals surface area contributed by atoms with Gasteiger partial charge in [0.1, 0.15) is 17.1 Å². The molecule has 6 heteroatoms. The number of benzene rings is 2. The van der Waals surface area contributed by atoms with Crippen molar-refractivity contribution in [3.8, 4) is 5.75 Å². The highest BCUT2D eigenvalue weighted by Crippen LogP contribution is 2.41. The number of hydrogen-bond donors (Lipinski definition) is 1. The number of nitrogens with one attached hydrogen (secondary N) is 1. The smallest absolute Gasteiger partial charge is 0.250 e. The van der Waals surface area contributed by atoms with E-state index < -0.39 is 0 Å². The van der Waals surface area contributed by atoms with Crippen LogP contribution in [-0.2, 0) is 17.6 Å². The molecule has 0 spiro atoms. The second-order valence-corrected chi connectivity index (χ2v) is 9.51. The Kier molecular flexibility index (Phi) is 5.25. The lowest BCUT2D eigenvalue weighted by Gasteiger charge is -2.13. The maximum absolute atomic E-state index is 12.8. The Labute approximate surface area is 191 Å². The quantitative estimate of drug-likeness (QED) is 0.359. The fourth-order valence-electron chi connectivity index (χ4n) is 4.59. The summed E-state index contributed by atoms with van der Waals surface area (Å²) in [4.78, 5) is 17.3. The zero-order valence-electron chi connectivity index (χ0n) is 18.8. The van der Waals surface area contributed by atoms with Crippen LogP contribution in [-0.4, -0.2) is 18.0 Å². The molecule has 4 aromatic rings. The van der Waals surface area contributed by atoms with Crippen LogP contribution in [0.1, 0.15) is 47.8 Å². The molecule has 32 heavy (non-hydrogen) atoms. The summed E-state index contributed by atoms with van der Waals surface area (Å²) in [5.74, 6) is 1.65. The fraction of sp³-hybridized carbons (Fsp3) is 0.308. The van der Waals surface area contributed by atoms with Crippen LogP contribution in [0.15, 0.2) is 34.8 Å². The first-order valence-electron chi connectivity index (χ1n) is 10.9. The summed E-state index contributed by atoms with van der Waals surface area (Å²) in [6.45, 7) is 6.01. The molecule has 0 unspecified atom stereocenters. The van der Waals surface area contributed by atoms with Crippen molar-refractivity contribution in [3.63, 3.8) is 0 Å². The number of thiazole rings is 1. The number of anilines is 1. The van der Waals surface area contributed by atoms with Gasteiger partial charge in [0.2, 0.25) is 5.91 Å². The van der Waals surface area contributed by atoms with Gasteiger partial charge < -0.3 is 9.15 Å². The lowest BCUT2D eigenvalue weighted by molar-refractivity contribution is -0.111. The molecule has 0 saturated heterocycles. The highest BCUT2D eigenvalue weighted by atomic mass is 32.1. The van der Waals surface area contributed by atoms with Crippen LogP contribution in [0.3, 0.4) is 0 Å². The van der Waals surface area contributed by atoms with Crippen molar-refractivity contribution in [2.45, 2.75) is 46.5 Å². The van der Waals surface area contributed by atoms with Gasteiger partial charge in [0, 0.05) is 34.6 Å². The molecule has 0 bridgehead atoms. The number of hydrogen-bond acceptors (Lipinski definition) is 5. The number of amides is 1. The van der Waals surface area contributed by atoms with E-state index in [0.717, 1.165) is 62.2 Å². The monoisotopic (exact) mass is 446 g/mol. The molecular formula is C26H26N2O3S. The van der Waals surface area contributed by atoms with Gasteiger partial charge in [-0.1, -0.05) is 17.4 Å². The van der Waals surface area contributed by atoms with Gasteiger partial charge >= 0.3 is 0 Å². The average molecular weight is 447 g/mol. The van der Waals surface area contributed by atoms with Crippen molar-refractivity contribution in [2.24, 2.45) is 0 Å². The molecule has 0 atom stereocenters. The van der Waals surface area contributed by atoms with Crippen LogP contribution in [0.2, 0.25) is 0 Å². The van der Waals surface area contributed by atoms with E-state index >= 15 is 0 Å². The summed E-state index contributed by atoms with van der Waals surface area (Å²) < 4.78 is 13.0. The first-order chi connectivity index (χ1) is 15.4. The number of fused-ring (bicyclic) bond motifs is 4. The molecule has 0 saturated carbocycles. The number of allylic oxidation sites excluding steroid dienone is 1. The summed E-state index contributed by atoms with van der Waals surface area (Å²) in [6, 6.07) is 8.20. The number of carbonyl (C=O) groups excluding carboxylic acids is 1. The largest absolute Gasteiger partial charge is 0.496 e. The molecule has 0 aliphatic heterocycles. The highest BCUT2D eigenvalue weighted by Gasteiger charge is 2.23. The second kappa shape index (κ2) is 8.10. The molecule has 1 amide bonds. The summed E-state index contributed by atoms with van der Waals surface area (Å²) in [5.41, 5.74) is 7.01. The number of carbonyl (C=O) groups is 1. The van der Waals surface area contributed by atoms with Gasteiger partial charge in [0.15, 0.2) is 5.13 Å². The van der Waals surface area contributed by atoms with E-state index in [4.69, 9.17) is 9.15 Å². The van der Waals surface area contributed by atoms with Crippen molar-refractivity contribution in [1.82, 2.24) is 4.98 Å². The number of methoxy groups -OCH3 is 1. The lowest BCUT2D eigenvalue weighted by Crippen LogP contribution is -2.08. The highest BCUT2D eigenvalue weighted by molar-refractivity contribution is 7.22. The van der Waals surface area contributed by atoms with Crippen molar-refractivity contribution >= 4 is 49.1 Å². The van der Waals surface area contributed by atoms with Gasteiger partial charge in [-0.2, -0.15) is 0 Å². The Morgan fingerprint density at radius 2 is 2.03 bits per heavy atom. The molecule has 2 aromatic carbocycles. The third-order valence-electron chi connectivity index (χ3n) is 6.18. The second-order valence-electron chi connectivity index (χ2n) is 8.48. The lowest BCUT2D eigenvalue weighted by atomic mass is 9.93. The number of aryl methyl sites for hydroxylation is 4. The van der Waals surface area contributed by atoms with Crippen molar-refractivity contribution in [3.05, 3.63) is 58.4 Å². The number of aromatic nitrogens is 1. The Hall–Kier alpha value is -3.12. The predicted molar refractivity (Wildman–Crippen MR) is 131 cm³/mol. The van der Waals surface area contributed by atoms with Gasteiger partial charge in [-0.25, -0.2) is 4.98 Å². The standard InChI is InChI=1S/C26H26N2O3S/c1-14-9-10-20-22(11-14)32-26(27-20)28-23(29)12-15(2)18-13-19-17-7-5-6-8-21(17)31-25(19)16(3)24(18)30-4/h9-13H,5-8H2,1-4H3,(H,27,28,29)/b15-12+. The Morgan fingerprint density at radius 3 is 2.84 bits per heavy atom. The van der Waals surface area contributed by atoms with Gasteiger partial charge in [0.05, 0.1) is 17.3 Å². The van der Waals surface area contributed by atoms with E-state index in [1.54, 1.807) is 13.2 Å². The van der Waals surface area contributed by atoms with Gasteiger partial charge in [-0.15, -0.1) is 0 Å². The Balaban J connectivity index is 1.49.